The van der Waals surface area contributed by atoms with Gasteiger partial charge in [0.15, 0.2) is 0 Å². The van der Waals surface area contributed by atoms with Crippen molar-refractivity contribution in [2.45, 2.75) is 45.7 Å². The van der Waals surface area contributed by atoms with Crippen LogP contribution in [0, 0.1) is 19.8 Å². The maximum Gasteiger partial charge on any atom is 0.264 e. The monoisotopic (exact) mass is 393 g/mol. The fraction of sp³-hybridized carbons (Fsp3) is 0.429. The highest BCUT2D eigenvalue weighted by molar-refractivity contribution is 7.20. The highest BCUT2D eigenvalue weighted by Crippen LogP contribution is 2.40. The molecule has 0 spiro atoms. The Kier molecular flexibility index (Phi) is 4.27. The van der Waals surface area contributed by atoms with E-state index in [1.54, 1.807) is 6.33 Å². The molecule has 1 N–H and O–H groups in total. The predicted octanol–water partition coefficient (Wildman–Crippen LogP) is 3.94. The highest BCUT2D eigenvalue weighted by Gasteiger charge is 2.41. The van der Waals surface area contributed by atoms with Gasteiger partial charge in [0.2, 0.25) is 0 Å². The third-order valence-electron chi connectivity index (χ3n) is 5.97. The molecule has 1 amide bonds. The molecule has 3 aromatic heterocycles. The summed E-state index contributed by atoms with van der Waals surface area (Å²) in [6.07, 6.45) is 5.16. The zero-order valence-corrected chi connectivity index (χ0v) is 16.9. The molecular weight excluding hydrogens is 370 g/mol. The summed E-state index contributed by atoms with van der Waals surface area (Å²) in [5.74, 6) is 1.63. The Balaban J connectivity index is 1.44. The number of carbonyl (C=O) groups is 1. The molecule has 2 fully saturated rings. The number of thiophene rings is 1. The van der Waals surface area contributed by atoms with Crippen LogP contribution in [0.1, 0.15) is 45.9 Å². The third-order valence-corrected chi connectivity index (χ3v) is 7.16. The van der Waals surface area contributed by atoms with Crippen LogP contribution in [-0.4, -0.2) is 38.3 Å². The van der Waals surface area contributed by atoms with Gasteiger partial charge in [-0.05, 0) is 56.7 Å². The van der Waals surface area contributed by atoms with Crippen LogP contribution in [0.3, 0.4) is 0 Å². The minimum atomic E-state index is 0.166. The number of fused-ring (bicyclic) bond motifs is 3. The molecule has 6 nitrogen and oxygen atoms in total. The number of aryl methyl sites for hydroxylation is 2. The number of piperidine rings is 1. The minimum Gasteiger partial charge on any atom is -0.364 e. The lowest BCUT2D eigenvalue weighted by Gasteiger charge is -2.26. The Hall–Kier alpha value is -2.54. The number of nitrogens with one attached hydrogen (secondary N) is 1. The first-order valence-electron chi connectivity index (χ1n) is 9.81. The predicted molar refractivity (Wildman–Crippen MR) is 111 cm³/mol. The van der Waals surface area contributed by atoms with Crippen molar-refractivity contribution in [1.29, 1.82) is 0 Å². The number of likely N-dealkylation sites (tertiary alicyclic amines) is 1. The summed E-state index contributed by atoms with van der Waals surface area (Å²) in [6, 6.07) is 6.41. The van der Waals surface area contributed by atoms with Crippen molar-refractivity contribution in [2.24, 2.45) is 5.92 Å². The Morgan fingerprint density at radius 3 is 2.93 bits per heavy atom. The van der Waals surface area contributed by atoms with E-state index in [1.165, 1.54) is 24.2 Å². The van der Waals surface area contributed by atoms with Gasteiger partial charge < -0.3 is 10.2 Å². The Bertz CT molecular complexity index is 1060. The number of nitrogens with zero attached hydrogens (tertiary/aromatic N) is 4. The number of amides is 1. The molecule has 1 aliphatic carbocycles. The first-order valence-corrected chi connectivity index (χ1v) is 10.6. The molecule has 0 aromatic carbocycles. The Morgan fingerprint density at radius 2 is 2.18 bits per heavy atom. The van der Waals surface area contributed by atoms with Gasteiger partial charge in [0.25, 0.3) is 5.91 Å². The number of hydrogen-bond donors (Lipinski definition) is 1. The average molecular weight is 394 g/mol. The molecule has 2 aliphatic rings. The molecule has 144 valence electrons. The maximum atomic E-state index is 13.2. The second-order valence-corrected chi connectivity index (χ2v) is 8.87. The summed E-state index contributed by atoms with van der Waals surface area (Å²) in [7, 11) is 0. The normalized spacial score (nSPS) is 20.9. The fourth-order valence-electron chi connectivity index (χ4n) is 4.59. The van der Waals surface area contributed by atoms with Gasteiger partial charge in [0, 0.05) is 18.3 Å². The van der Waals surface area contributed by atoms with Crippen LogP contribution >= 0.6 is 11.3 Å². The lowest BCUT2D eigenvalue weighted by Crippen LogP contribution is -2.37. The van der Waals surface area contributed by atoms with Gasteiger partial charge in [-0.15, -0.1) is 11.3 Å². The second-order valence-electron chi connectivity index (χ2n) is 7.87. The van der Waals surface area contributed by atoms with Crippen molar-refractivity contribution in [3.8, 4) is 0 Å². The van der Waals surface area contributed by atoms with Gasteiger partial charge in [-0.3, -0.25) is 9.78 Å². The van der Waals surface area contributed by atoms with Crippen LogP contribution in [0.4, 0.5) is 5.82 Å². The van der Waals surface area contributed by atoms with Crippen molar-refractivity contribution < 1.29 is 4.79 Å². The summed E-state index contributed by atoms with van der Waals surface area (Å²) in [4.78, 5) is 30.4. The Labute approximate surface area is 168 Å². The molecule has 3 aromatic rings. The van der Waals surface area contributed by atoms with Crippen molar-refractivity contribution in [2.75, 3.05) is 11.9 Å². The molecule has 1 aliphatic heterocycles. The van der Waals surface area contributed by atoms with E-state index >= 15 is 0 Å². The molecule has 1 saturated heterocycles. The standard InChI is InChI=1S/C21H23N5OS/c1-12-4-3-5-15(25-12)9-22-19-17-13(2)18(28-20(17)24-11-23-19)21(27)26-10-14-6-7-16(26)8-14/h3-5,11,14,16H,6-10H2,1-2H3,(H,22,23,24)/t14-,16-/m0/s1. The molecule has 0 radical (unpaired) electrons. The third kappa shape index (κ3) is 2.94. The second kappa shape index (κ2) is 6.81. The lowest BCUT2D eigenvalue weighted by atomic mass is 10.1. The van der Waals surface area contributed by atoms with Crippen molar-refractivity contribution >= 4 is 33.3 Å². The molecule has 5 rings (SSSR count). The van der Waals surface area contributed by atoms with Gasteiger partial charge in [-0.25, -0.2) is 9.97 Å². The molecule has 4 heterocycles. The van der Waals surface area contributed by atoms with Gasteiger partial charge in [0.1, 0.15) is 17.0 Å². The van der Waals surface area contributed by atoms with Gasteiger partial charge in [-0.2, -0.15) is 0 Å². The average Bonchev–Trinajstić information content (AvgIpc) is 3.41. The molecule has 1 saturated carbocycles. The van der Waals surface area contributed by atoms with E-state index in [2.05, 4.69) is 25.2 Å². The lowest BCUT2D eigenvalue weighted by molar-refractivity contribution is 0.0708. The summed E-state index contributed by atoms with van der Waals surface area (Å²) in [5, 5.41) is 4.34. The Morgan fingerprint density at radius 1 is 1.29 bits per heavy atom. The molecule has 7 heteroatoms. The molecule has 28 heavy (non-hydrogen) atoms. The number of aromatic nitrogens is 3. The molecule has 2 bridgehead atoms. The number of carbonyl (C=O) groups excluding carboxylic acids is 1. The zero-order chi connectivity index (χ0) is 19.3. The summed E-state index contributed by atoms with van der Waals surface area (Å²) >= 11 is 1.49. The van der Waals surface area contributed by atoms with E-state index in [9.17, 15) is 4.79 Å². The number of anilines is 1. The smallest absolute Gasteiger partial charge is 0.264 e. The summed E-state index contributed by atoms with van der Waals surface area (Å²) < 4.78 is 0. The SMILES string of the molecule is Cc1cccc(CNc2ncnc3sc(C(=O)N4C[C@H]5CC[C@H]4C5)c(C)c23)n1. The van der Waals surface area contributed by atoms with Crippen LogP contribution in [0.2, 0.25) is 0 Å². The zero-order valence-electron chi connectivity index (χ0n) is 16.1. The molecular formula is C21H23N5OS. The van der Waals surface area contributed by atoms with Crippen LogP contribution < -0.4 is 5.32 Å². The first kappa shape index (κ1) is 17.6. The van der Waals surface area contributed by atoms with E-state index in [0.717, 1.165) is 50.8 Å². The van der Waals surface area contributed by atoms with E-state index in [4.69, 9.17) is 0 Å². The van der Waals surface area contributed by atoms with Crippen LogP contribution in [0.25, 0.3) is 10.2 Å². The van der Waals surface area contributed by atoms with Crippen molar-refractivity contribution in [1.82, 2.24) is 19.9 Å². The van der Waals surface area contributed by atoms with E-state index in [0.29, 0.717) is 18.5 Å². The fourth-order valence-corrected chi connectivity index (χ4v) is 5.69. The van der Waals surface area contributed by atoms with Gasteiger partial charge >= 0.3 is 0 Å². The first-order chi connectivity index (χ1) is 13.6. The van der Waals surface area contributed by atoms with Gasteiger partial charge in [0.05, 0.1) is 22.5 Å². The van der Waals surface area contributed by atoms with Crippen LogP contribution in [-0.2, 0) is 6.54 Å². The van der Waals surface area contributed by atoms with E-state index in [-0.39, 0.29) is 5.91 Å². The topological polar surface area (TPSA) is 71.0 Å². The van der Waals surface area contributed by atoms with Crippen molar-refractivity contribution in [3.63, 3.8) is 0 Å². The van der Waals surface area contributed by atoms with E-state index in [1.807, 2.05) is 32.0 Å². The number of pyridine rings is 1. The number of rotatable bonds is 4. The largest absolute Gasteiger partial charge is 0.364 e. The van der Waals surface area contributed by atoms with Crippen LogP contribution in [0.5, 0.6) is 0 Å². The quantitative estimate of drug-likeness (QED) is 0.727. The van der Waals surface area contributed by atoms with E-state index < -0.39 is 0 Å². The number of hydrogen-bond acceptors (Lipinski definition) is 6. The van der Waals surface area contributed by atoms with Gasteiger partial charge in [-0.1, -0.05) is 6.07 Å². The summed E-state index contributed by atoms with van der Waals surface area (Å²) in [6.45, 7) is 5.49. The molecule has 0 unspecified atom stereocenters. The van der Waals surface area contributed by atoms with Crippen molar-refractivity contribution in [3.05, 3.63) is 46.4 Å². The summed E-state index contributed by atoms with van der Waals surface area (Å²) in [5.41, 5.74) is 2.93. The van der Waals surface area contributed by atoms with Crippen LogP contribution in [0.15, 0.2) is 24.5 Å². The molecule has 2 atom stereocenters. The minimum absolute atomic E-state index is 0.166. The highest BCUT2D eigenvalue weighted by atomic mass is 32.1. The maximum absolute atomic E-state index is 13.2.